The van der Waals surface area contributed by atoms with Crippen molar-refractivity contribution in [2.24, 2.45) is 0 Å². The molecule has 0 amide bonds. The van der Waals surface area contributed by atoms with E-state index in [1.54, 1.807) is 25.3 Å². The summed E-state index contributed by atoms with van der Waals surface area (Å²) >= 11 is 0. The summed E-state index contributed by atoms with van der Waals surface area (Å²) in [6, 6.07) is 3.51. The van der Waals surface area contributed by atoms with E-state index >= 15 is 0 Å². The third-order valence-corrected chi connectivity index (χ3v) is 3.88. The predicted octanol–water partition coefficient (Wildman–Crippen LogP) is 1.27. The van der Waals surface area contributed by atoms with Gasteiger partial charge >= 0.3 is 5.97 Å². The Kier molecular flexibility index (Phi) is 5.05. The van der Waals surface area contributed by atoms with Crippen LogP contribution in [0.3, 0.4) is 0 Å². The number of ether oxygens (including phenoxy) is 1. The number of esters is 1. The van der Waals surface area contributed by atoms with Gasteiger partial charge in [0.2, 0.25) is 5.89 Å². The van der Waals surface area contributed by atoms with Gasteiger partial charge in [-0.25, -0.2) is 9.78 Å². The van der Waals surface area contributed by atoms with Crippen molar-refractivity contribution in [3.05, 3.63) is 35.6 Å². The normalized spacial score (nSPS) is 15.5. The van der Waals surface area contributed by atoms with E-state index in [0.717, 1.165) is 26.2 Å². The molecule has 3 heterocycles. The largest absolute Gasteiger partial charge is 0.462 e. The summed E-state index contributed by atoms with van der Waals surface area (Å²) < 4.78 is 10.3. The van der Waals surface area contributed by atoms with Gasteiger partial charge in [0, 0.05) is 32.4 Å². The van der Waals surface area contributed by atoms with Gasteiger partial charge < -0.3 is 14.2 Å². The van der Waals surface area contributed by atoms with Crippen molar-refractivity contribution >= 4 is 11.8 Å². The van der Waals surface area contributed by atoms with Crippen molar-refractivity contribution in [3.63, 3.8) is 0 Å². The monoisotopic (exact) mass is 331 g/mol. The van der Waals surface area contributed by atoms with Crippen LogP contribution < -0.4 is 4.90 Å². The minimum absolute atomic E-state index is 0.329. The zero-order chi connectivity index (χ0) is 16.9. The van der Waals surface area contributed by atoms with Crippen LogP contribution in [0.5, 0.6) is 0 Å². The highest BCUT2D eigenvalue weighted by Crippen LogP contribution is 2.20. The Hall–Kier alpha value is -2.48. The molecule has 8 nitrogen and oxygen atoms in total. The molecular weight excluding hydrogens is 310 g/mol. The van der Waals surface area contributed by atoms with Crippen LogP contribution in [0, 0.1) is 6.92 Å². The predicted molar refractivity (Wildman–Crippen MR) is 86.7 cm³/mol. The van der Waals surface area contributed by atoms with Gasteiger partial charge in [-0.15, -0.1) is 0 Å². The molecule has 0 N–H and O–H groups in total. The number of nitrogens with zero attached hydrogens (tertiary/aromatic N) is 5. The van der Waals surface area contributed by atoms with E-state index in [2.05, 4.69) is 24.9 Å². The number of hydrogen-bond donors (Lipinski definition) is 0. The fourth-order valence-corrected chi connectivity index (χ4v) is 2.73. The number of piperazine rings is 1. The highest BCUT2D eigenvalue weighted by Gasteiger charge is 2.24. The smallest absolute Gasteiger partial charge is 0.341 e. The van der Waals surface area contributed by atoms with E-state index < -0.39 is 0 Å². The molecule has 0 unspecified atom stereocenters. The van der Waals surface area contributed by atoms with Crippen LogP contribution in [-0.4, -0.2) is 58.8 Å². The topological polar surface area (TPSA) is 84.6 Å². The van der Waals surface area contributed by atoms with E-state index in [4.69, 9.17) is 9.26 Å². The molecule has 24 heavy (non-hydrogen) atoms. The van der Waals surface area contributed by atoms with Crippen molar-refractivity contribution in [3.8, 4) is 0 Å². The molecule has 2 aromatic rings. The molecular formula is C16H21N5O3. The Morgan fingerprint density at radius 1 is 1.33 bits per heavy atom. The first-order valence-electron chi connectivity index (χ1n) is 8.06. The summed E-state index contributed by atoms with van der Waals surface area (Å²) in [6.07, 6.45) is 1.70. The van der Waals surface area contributed by atoms with Crippen molar-refractivity contribution in [1.29, 1.82) is 0 Å². The molecule has 0 atom stereocenters. The highest BCUT2D eigenvalue weighted by molar-refractivity contribution is 5.94. The Morgan fingerprint density at radius 3 is 2.79 bits per heavy atom. The Morgan fingerprint density at radius 2 is 2.12 bits per heavy atom. The first-order chi connectivity index (χ1) is 11.7. The number of pyridine rings is 1. The summed E-state index contributed by atoms with van der Waals surface area (Å²) in [6.45, 7) is 7.81. The van der Waals surface area contributed by atoms with Crippen LogP contribution in [0.15, 0.2) is 22.9 Å². The highest BCUT2D eigenvalue weighted by atomic mass is 16.5. The molecule has 0 aliphatic carbocycles. The number of aromatic nitrogens is 3. The van der Waals surface area contributed by atoms with Crippen molar-refractivity contribution in [1.82, 2.24) is 20.0 Å². The molecule has 0 bridgehead atoms. The maximum atomic E-state index is 12.1. The molecule has 0 radical (unpaired) electrons. The summed E-state index contributed by atoms with van der Waals surface area (Å²) in [7, 11) is 0. The average molecular weight is 331 g/mol. The molecule has 0 saturated carbocycles. The summed E-state index contributed by atoms with van der Waals surface area (Å²) in [4.78, 5) is 25.1. The van der Waals surface area contributed by atoms with Gasteiger partial charge in [-0.1, -0.05) is 5.16 Å². The van der Waals surface area contributed by atoms with Gasteiger partial charge in [0.05, 0.1) is 13.2 Å². The molecule has 3 rings (SSSR count). The van der Waals surface area contributed by atoms with Gasteiger partial charge in [-0.2, -0.15) is 4.98 Å². The van der Waals surface area contributed by atoms with Crippen molar-refractivity contribution < 1.29 is 14.1 Å². The Bertz CT molecular complexity index is 695. The van der Waals surface area contributed by atoms with Crippen LogP contribution in [-0.2, 0) is 11.3 Å². The third kappa shape index (κ3) is 3.70. The molecule has 128 valence electrons. The Labute approximate surface area is 140 Å². The summed E-state index contributed by atoms with van der Waals surface area (Å²) in [5.74, 6) is 1.63. The standard InChI is InChI=1S/C16H21N5O3/c1-3-23-16(22)13-5-4-6-17-15(13)21-9-7-20(8-10-21)11-14-18-12(2)19-24-14/h4-6H,3,7-11H2,1-2H3. The minimum Gasteiger partial charge on any atom is -0.462 e. The second-order valence-electron chi connectivity index (χ2n) is 5.59. The fourth-order valence-electron chi connectivity index (χ4n) is 2.73. The van der Waals surface area contributed by atoms with Crippen molar-refractivity contribution in [2.45, 2.75) is 20.4 Å². The number of anilines is 1. The lowest BCUT2D eigenvalue weighted by Gasteiger charge is -2.35. The lowest BCUT2D eigenvalue weighted by molar-refractivity contribution is 0.0526. The van der Waals surface area contributed by atoms with E-state index in [1.807, 2.05) is 6.92 Å². The minimum atomic E-state index is -0.329. The zero-order valence-corrected chi connectivity index (χ0v) is 13.9. The molecule has 1 saturated heterocycles. The van der Waals surface area contributed by atoms with Gasteiger partial charge in [-0.05, 0) is 26.0 Å². The van der Waals surface area contributed by atoms with Gasteiger partial charge in [0.25, 0.3) is 0 Å². The molecule has 0 spiro atoms. The summed E-state index contributed by atoms with van der Waals surface area (Å²) in [5, 5.41) is 3.81. The lowest BCUT2D eigenvalue weighted by atomic mass is 10.2. The van der Waals surface area contributed by atoms with Crippen molar-refractivity contribution in [2.75, 3.05) is 37.7 Å². The number of carbonyl (C=O) groups excluding carboxylic acids is 1. The summed E-state index contributed by atoms with van der Waals surface area (Å²) in [5.41, 5.74) is 0.514. The lowest BCUT2D eigenvalue weighted by Crippen LogP contribution is -2.46. The molecule has 8 heteroatoms. The number of rotatable bonds is 5. The molecule has 0 aromatic carbocycles. The third-order valence-electron chi connectivity index (χ3n) is 3.88. The van der Waals surface area contributed by atoms with Crippen LogP contribution >= 0.6 is 0 Å². The first kappa shape index (κ1) is 16.4. The van der Waals surface area contributed by atoms with E-state index in [-0.39, 0.29) is 5.97 Å². The molecule has 1 aliphatic heterocycles. The molecule has 1 aliphatic rings. The quantitative estimate of drug-likeness (QED) is 0.757. The number of carbonyl (C=O) groups is 1. The number of hydrogen-bond acceptors (Lipinski definition) is 8. The maximum Gasteiger partial charge on any atom is 0.341 e. The van der Waals surface area contributed by atoms with Crippen LogP contribution in [0.2, 0.25) is 0 Å². The fraction of sp³-hybridized carbons (Fsp3) is 0.500. The second-order valence-corrected chi connectivity index (χ2v) is 5.59. The SMILES string of the molecule is CCOC(=O)c1cccnc1N1CCN(Cc2nc(C)no2)CC1. The van der Waals surface area contributed by atoms with Crippen LogP contribution in [0.4, 0.5) is 5.82 Å². The first-order valence-corrected chi connectivity index (χ1v) is 8.06. The maximum absolute atomic E-state index is 12.1. The Balaban J connectivity index is 1.63. The van der Waals surface area contributed by atoms with E-state index in [0.29, 0.717) is 36.2 Å². The molecule has 1 fully saturated rings. The zero-order valence-electron chi connectivity index (χ0n) is 13.9. The molecule has 2 aromatic heterocycles. The van der Waals surface area contributed by atoms with Gasteiger partial charge in [0.15, 0.2) is 5.82 Å². The van der Waals surface area contributed by atoms with Gasteiger partial charge in [-0.3, -0.25) is 4.90 Å². The van der Waals surface area contributed by atoms with E-state index in [1.165, 1.54) is 0 Å². The van der Waals surface area contributed by atoms with E-state index in [9.17, 15) is 4.79 Å². The van der Waals surface area contributed by atoms with Gasteiger partial charge in [0.1, 0.15) is 11.4 Å². The second kappa shape index (κ2) is 7.39. The average Bonchev–Trinajstić information content (AvgIpc) is 3.01. The van der Waals surface area contributed by atoms with Crippen LogP contribution in [0.1, 0.15) is 29.0 Å². The number of aryl methyl sites for hydroxylation is 1. The van der Waals surface area contributed by atoms with Crippen LogP contribution in [0.25, 0.3) is 0 Å².